The molecule has 0 spiro atoms. The van der Waals surface area contributed by atoms with E-state index in [0.717, 1.165) is 48.2 Å². The fraction of sp³-hybridized carbons (Fsp3) is 0.423. The van der Waals surface area contributed by atoms with Crippen LogP contribution in [0.4, 0.5) is 0 Å². The second kappa shape index (κ2) is 8.90. The van der Waals surface area contributed by atoms with Crippen LogP contribution in [0.15, 0.2) is 30.5 Å². The predicted molar refractivity (Wildman–Crippen MR) is 126 cm³/mol. The van der Waals surface area contributed by atoms with E-state index in [1.54, 1.807) is 4.52 Å². The second-order valence-electron chi connectivity index (χ2n) is 9.36. The maximum Gasteiger partial charge on any atom is 0.251 e. The van der Waals surface area contributed by atoms with Gasteiger partial charge in [-0.3, -0.25) is 9.59 Å². The number of nitrogens with zero attached hydrogens (tertiary/aromatic N) is 5. The highest BCUT2D eigenvalue weighted by Gasteiger charge is 2.32. The van der Waals surface area contributed by atoms with E-state index in [4.69, 9.17) is 0 Å². The third-order valence-corrected chi connectivity index (χ3v) is 6.71. The van der Waals surface area contributed by atoms with Gasteiger partial charge in [0.1, 0.15) is 11.6 Å². The van der Waals surface area contributed by atoms with E-state index in [-0.39, 0.29) is 17.9 Å². The highest BCUT2D eigenvalue weighted by Crippen LogP contribution is 2.30. The predicted octanol–water partition coefficient (Wildman–Crippen LogP) is 3.23. The standard InChI is InChI=1S/C26H28N6O2/c1-16-23(17(2)32-25(29-16)20(13-27)14-28-32)11-12-24(33)31(22-9-10-22)15-18-3-5-19(6-4-18)26(34)30-21-7-8-21/h3-6,14,21-22H,7-12,15H2,1-2H3,(H,30,34). The fourth-order valence-corrected chi connectivity index (χ4v) is 4.39. The molecule has 174 valence electrons. The molecule has 34 heavy (non-hydrogen) atoms. The SMILES string of the molecule is Cc1nc2c(C#N)cnn2c(C)c1CCC(=O)N(Cc1ccc(C(=O)NC2CC2)cc1)C1CC1. The summed E-state index contributed by atoms with van der Waals surface area (Å²) in [5, 5.41) is 16.6. The lowest BCUT2D eigenvalue weighted by Gasteiger charge is -2.23. The summed E-state index contributed by atoms with van der Waals surface area (Å²) in [6, 6.07) is 10.3. The van der Waals surface area contributed by atoms with E-state index in [1.165, 1.54) is 6.20 Å². The first-order valence-corrected chi connectivity index (χ1v) is 11.9. The molecule has 0 saturated heterocycles. The summed E-state index contributed by atoms with van der Waals surface area (Å²) >= 11 is 0. The van der Waals surface area contributed by atoms with Crippen LogP contribution in [0.2, 0.25) is 0 Å². The molecule has 5 rings (SSSR count). The molecule has 2 aliphatic rings. The first-order chi connectivity index (χ1) is 16.4. The van der Waals surface area contributed by atoms with Gasteiger partial charge in [-0.25, -0.2) is 9.50 Å². The van der Waals surface area contributed by atoms with Crippen molar-refractivity contribution in [2.75, 3.05) is 0 Å². The minimum atomic E-state index is -0.0282. The molecule has 0 atom stereocenters. The maximum atomic E-state index is 13.2. The van der Waals surface area contributed by atoms with Gasteiger partial charge in [-0.05, 0) is 69.2 Å². The van der Waals surface area contributed by atoms with Crippen molar-refractivity contribution >= 4 is 17.5 Å². The van der Waals surface area contributed by atoms with Gasteiger partial charge in [0.2, 0.25) is 5.91 Å². The Morgan fingerprint density at radius 2 is 1.91 bits per heavy atom. The molecule has 8 nitrogen and oxygen atoms in total. The van der Waals surface area contributed by atoms with Gasteiger partial charge in [-0.15, -0.1) is 0 Å². The molecule has 1 aromatic carbocycles. The Bertz CT molecular complexity index is 1300. The highest BCUT2D eigenvalue weighted by molar-refractivity contribution is 5.94. The molecule has 0 unspecified atom stereocenters. The summed E-state index contributed by atoms with van der Waals surface area (Å²) in [4.78, 5) is 32.0. The van der Waals surface area contributed by atoms with Crippen LogP contribution in [0, 0.1) is 25.2 Å². The summed E-state index contributed by atoms with van der Waals surface area (Å²) in [6.45, 7) is 4.42. The van der Waals surface area contributed by atoms with E-state index < -0.39 is 0 Å². The number of carbonyl (C=O) groups excluding carboxylic acids is 2. The monoisotopic (exact) mass is 456 g/mol. The van der Waals surface area contributed by atoms with Crippen LogP contribution in [0.3, 0.4) is 0 Å². The minimum Gasteiger partial charge on any atom is -0.349 e. The van der Waals surface area contributed by atoms with Crippen LogP contribution in [0.5, 0.6) is 0 Å². The zero-order valence-electron chi connectivity index (χ0n) is 19.5. The van der Waals surface area contributed by atoms with Gasteiger partial charge in [0.15, 0.2) is 5.65 Å². The van der Waals surface area contributed by atoms with Gasteiger partial charge < -0.3 is 10.2 Å². The number of nitriles is 1. The quantitative estimate of drug-likeness (QED) is 0.561. The number of amides is 2. The zero-order valence-corrected chi connectivity index (χ0v) is 19.5. The lowest BCUT2D eigenvalue weighted by atomic mass is 10.1. The average molecular weight is 457 g/mol. The third kappa shape index (κ3) is 4.51. The largest absolute Gasteiger partial charge is 0.349 e. The first kappa shape index (κ1) is 22.1. The van der Waals surface area contributed by atoms with Crippen LogP contribution in [-0.4, -0.2) is 43.4 Å². The molecule has 2 aromatic heterocycles. The van der Waals surface area contributed by atoms with E-state index in [1.807, 2.05) is 43.0 Å². The van der Waals surface area contributed by atoms with E-state index in [0.29, 0.717) is 42.2 Å². The van der Waals surface area contributed by atoms with Crippen molar-refractivity contribution in [3.05, 3.63) is 64.1 Å². The molecule has 2 heterocycles. The highest BCUT2D eigenvalue weighted by atomic mass is 16.2. The Labute approximate surface area is 198 Å². The second-order valence-corrected chi connectivity index (χ2v) is 9.36. The molecule has 2 aliphatic carbocycles. The number of hydrogen-bond donors (Lipinski definition) is 1. The molecule has 0 bridgehead atoms. The summed E-state index contributed by atoms with van der Waals surface area (Å²) in [5.74, 6) is 0.0923. The Morgan fingerprint density at radius 1 is 1.18 bits per heavy atom. The van der Waals surface area contributed by atoms with Crippen molar-refractivity contribution in [1.29, 1.82) is 5.26 Å². The number of aromatic nitrogens is 3. The molecule has 0 radical (unpaired) electrons. The number of hydrogen-bond acceptors (Lipinski definition) is 5. The van der Waals surface area contributed by atoms with Gasteiger partial charge in [-0.1, -0.05) is 12.1 Å². The normalized spacial score (nSPS) is 15.2. The number of nitrogens with one attached hydrogen (secondary N) is 1. The van der Waals surface area contributed by atoms with Crippen LogP contribution in [0.25, 0.3) is 5.65 Å². The molecule has 1 N–H and O–H groups in total. The number of carbonyl (C=O) groups is 2. The zero-order chi connectivity index (χ0) is 23.8. The summed E-state index contributed by atoms with van der Waals surface area (Å²) < 4.78 is 1.69. The molecular weight excluding hydrogens is 428 g/mol. The van der Waals surface area contributed by atoms with Gasteiger partial charge in [-0.2, -0.15) is 10.4 Å². The Morgan fingerprint density at radius 3 is 2.56 bits per heavy atom. The number of fused-ring (bicyclic) bond motifs is 1. The molecule has 0 aliphatic heterocycles. The van der Waals surface area contributed by atoms with Crippen molar-refractivity contribution in [3.8, 4) is 6.07 Å². The summed E-state index contributed by atoms with van der Waals surface area (Å²) in [5.41, 5.74) is 5.43. The Hall–Kier alpha value is -3.73. The Kier molecular flexibility index (Phi) is 5.78. The van der Waals surface area contributed by atoms with Gasteiger partial charge >= 0.3 is 0 Å². The molecule has 3 aromatic rings. The number of benzene rings is 1. The maximum absolute atomic E-state index is 13.2. The van der Waals surface area contributed by atoms with E-state index >= 15 is 0 Å². The van der Waals surface area contributed by atoms with Crippen molar-refractivity contribution < 1.29 is 9.59 Å². The van der Waals surface area contributed by atoms with Gasteiger partial charge in [0, 0.05) is 42.0 Å². The minimum absolute atomic E-state index is 0.0282. The first-order valence-electron chi connectivity index (χ1n) is 11.9. The van der Waals surface area contributed by atoms with Crippen molar-refractivity contribution in [2.24, 2.45) is 0 Å². The summed E-state index contributed by atoms with van der Waals surface area (Å²) in [7, 11) is 0. The average Bonchev–Trinajstić information content (AvgIpc) is 3.76. The lowest BCUT2D eigenvalue weighted by Crippen LogP contribution is -2.33. The van der Waals surface area contributed by atoms with Gasteiger partial charge in [0.05, 0.1) is 6.20 Å². The van der Waals surface area contributed by atoms with Crippen LogP contribution >= 0.6 is 0 Å². The van der Waals surface area contributed by atoms with Crippen molar-refractivity contribution in [2.45, 2.75) is 71.0 Å². The van der Waals surface area contributed by atoms with E-state index in [2.05, 4.69) is 21.5 Å². The number of aryl methyl sites for hydroxylation is 2. The van der Waals surface area contributed by atoms with Gasteiger partial charge in [0.25, 0.3) is 5.91 Å². The molecular formula is C26H28N6O2. The van der Waals surface area contributed by atoms with Crippen LogP contribution in [-0.2, 0) is 17.8 Å². The topological polar surface area (TPSA) is 103 Å². The lowest BCUT2D eigenvalue weighted by molar-refractivity contribution is -0.132. The van der Waals surface area contributed by atoms with E-state index in [9.17, 15) is 14.9 Å². The number of rotatable bonds is 8. The molecule has 8 heteroatoms. The molecule has 2 amide bonds. The van der Waals surface area contributed by atoms with Crippen LogP contribution in [0.1, 0.15) is 70.5 Å². The van der Waals surface area contributed by atoms with Crippen molar-refractivity contribution in [1.82, 2.24) is 24.8 Å². The molecule has 2 saturated carbocycles. The smallest absolute Gasteiger partial charge is 0.251 e. The molecule has 2 fully saturated rings. The van der Waals surface area contributed by atoms with Crippen LogP contribution < -0.4 is 5.32 Å². The fourth-order valence-electron chi connectivity index (χ4n) is 4.39. The summed E-state index contributed by atoms with van der Waals surface area (Å²) in [6.07, 6.45) is 6.68. The Balaban J connectivity index is 1.26. The third-order valence-electron chi connectivity index (χ3n) is 6.71. The van der Waals surface area contributed by atoms with Crippen molar-refractivity contribution in [3.63, 3.8) is 0 Å².